The lowest BCUT2D eigenvalue weighted by Gasteiger charge is -2.21. The molecule has 1 heterocycles. The number of esters is 1. The average Bonchev–Trinajstić information content (AvgIpc) is 3.12. The molecule has 0 radical (unpaired) electrons. The van der Waals surface area contributed by atoms with Crippen molar-refractivity contribution in [3.8, 4) is 0 Å². The summed E-state index contributed by atoms with van der Waals surface area (Å²) in [7, 11) is 1.23. The van der Waals surface area contributed by atoms with Crippen LogP contribution < -0.4 is 5.32 Å². The van der Waals surface area contributed by atoms with Crippen LogP contribution in [0.1, 0.15) is 41.9 Å². The first-order valence-electron chi connectivity index (χ1n) is 8.60. The summed E-state index contributed by atoms with van der Waals surface area (Å²) in [6.45, 7) is 3.68. The van der Waals surface area contributed by atoms with E-state index in [2.05, 4.69) is 15.6 Å². The zero-order valence-corrected chi connectivity index (χ0v) is 15.7. The van der Waals surface area contributed by atoms with Crippen molar-refractivity contribution in [2.45, 2.75) is 39.0 Å². The molecule has 1 N–H and O–H groups in total. The Hall–Kier alpha value is -2.91. The Bertz CT molecular complexity index is 835. The molecular formula is C18H21F3N4O3. The van der Waals surface area contributed by atoms with Gasteiger partial charge in [0.2, 0.25) is 0 Å². The summed E-state index contributed by atoms with van der Waals surface area (Å²) in [5.41, 5.74) is -0.458. The van der Waals surface area contributed by atoms with Crippen LogP contribution in [-0.2, 0) is 22.3 Å². The number of methoxy groups -OCH3 is 1. The van der Waals surface area contributed by atoms with Crippen molar-refractivity contribution in [1.82, 2.24) is 20.3 Å². The third kappa shape index (κ3) is 5.30. The summed E-state index contributed by atoms with van der Waals surface area (Å²) >= 11 is 0. The molecule has 152 valence electrons. The molecule has 10 heteroatoms. The first-order valence-corrected chi connectivity index (χ1v) is 8.60. The zero-order chi connectivity index (χ0) is 20.9. The lowest BCUT2D eigenvalue weighted by molar-refractivity contribution is -0.144. The second-order valence-electron chi connectivity index (χ2n) is 6.36. The Kier molecular flexibility index (Phi) is 6.76. The number of benzene rings is 1. The number of hydrogen-bond acceptors (Lipinski definition) is 5. The maximum atomic E-state index is 12.8. The van der Waals surface area contributed by atoms with E-state index in [0.29, 0.717) is 12.0 Å². The number of amides is 1. The van der Waals surface area contributed by atoms with Gasteiger partial charge in [-0.2, -0.15) is 13.2 Å². The number of rotatable bonds is 7. The van der Waals surface area contributed by atoms with E-state index in [-0.39, 0.29) is 18.2 Å². The van der Waals surface area contributed by atoms with Gasteiger partial charge in [-0.25, -0.2) is 9.48 Å². The molecule has 0 saturated heterocycles. The number of alkyl halides is 3. The van der Waals surface area contributed by atoms with E-state index in [4.69, 9.17) is 4.74 Å². The second kappa shape index (κ2) is 8.85. The lowest BCUT2D eigenvalue weighted by Crippen LogP contribution is -2.45. The molecule has 0 aliphatic heterocycles. The summed E-state index contributed by atoms with van der Waals surface area (Å²) in [4.78, 5) is 24.2. The van der Waals surface area contributed by atoms with Crippen molar-refractivity contribution in [1.29, 1.82) is 0 Å². The molecule has 0 bridgehead atoms. The molecule has 2 rings (SSSR count). The van der Waals surface area contributed by atoms with Gasteiger partial charge in [-0.15, -0.1) is 5.10 Å². The van der Waals surface area contributed by atoms with Crippen LogP contribution >= 0.6 is 0 Å². The van der Waals surface area contributed by atoms with Gasteiger partial charge in [-0.05, 0) is 23.6 Å². The van der Waals surface area contributed by atoms with Crippen molar-refractivity contribution in [3.63, 3.8) is 0 Å². The van der Waals surface area contributed by atoms with E-state index < -0.39 is 29.7 Å². The molecule has 1 amide bonds. The number of nitrogens with zero attached hydrogens (tertiary/aromatic N) is 3. The highest BCUT2D eigenvalue weighted by Crippen LogP contribution is 2.29. The molecule has 1 aromatic carbocycles. The van der Waals surface area contributed by atoms with Crippen LogP contribution in [0.5, 0.6) is 0 Å². The number of aromatic nitrogens is 3. The average molecular weight is 398 g/mol. The number of carbonyl (C=O) groups excluding carboxylic acids is 2. The standard InChI is InChI=1S/C18H21F3N4O3/c1-4-11(2)15(17(27)28-3)22-16(26)14-10-25(24-23-14)9-12-6-5-7-13(8-12)18(19,20)21/h5-8,10-11,15H,4,9H2,1-3H3,(H,22,26). The van der Waals surface area contributed by atoms with Crippen molar-refractivity contribution < 1.29 is 27.5 Å². The molecule has 28 heavy (non-hydrogen) atoms. The molecule has 0 aliphatic rings. The van der Waals surface area contributed by atoms with Gasteiger partial charge >= 0.3 is 12.1 Å². The van der Waals surface area contributed by atoms with E-state index in [1.54, 1.807) is 6.92 Å². The summed E-state index contributed by atoms with van der Waals surface area (Å²) in [6.07, 6.45) is -2.49. The fraction of sp³-hybridized carbons (Fsp3) is 0.444. The molecule has 7 nitrogen and oxygen atoms in total. The topological polar surface area (TPSA) is 86.1 Å². The largest absolute Gasteiger partial charge is 0.467 e. The van der Waals surface area contributed by atoms with Crippen LogP contribution in [0.2, 0.25) is 0 Å². The number of hydrogen-bond donors (Lipinski definition) is 1. The molecule has 0 spiro atoms. The summed E-state index contributed by atoms with van der Waals surface area (Å²) in [5.74, 6) is -1.35. The molecule has 2 aromatic rings. The highest BCUT2D eigenvalue weighted by atomic mass is 19.4. The Balaban J connectivity index is 2.11. The monoisotopic (exact) mass is 398 g/mol. The Morgan fingerprint density at radius 1 is 1.32 bits per heavy atom. The maximum Gasteiger partial charge on any atom is 0.416 e. The van der Waals surface area contributed by atoms with Crippen LogP contribution in [-0.4, -0.2) is 40.0 Å². The summed E-state index contributed by atoms with van der Waals surface area (Å²) in [5, 5.41) is 10.1. The maximum absolute atomic E-state index is 12.8. The quantitative estimate of drug-likeness (QED) is 0.725. The lowest BCUT2D eigenvalue weighted by atomic mass is 9.99. The fourth-order valence-corrected chi connectivity index (χ4v) is 2.52. The van der Waals surface area contributed by atoms with E-state index in [1.165, 1.54) is 30.1 Å². The highest BCUT2D eigenvalue weighted by Gasteiger charge is 2.30. The first kappa shape index (κ1) is 21.4. The van der Waals surface area contributed by atoms with Crippen LogP contribution in [0.15, 0.2) is 30.5 Å². The first-order chi connectivity index (χ1) is 13.2. The van der Waals surface area contributed by atoms with E-state index in [1.807, 2.05) is 6.92 Å². The predicted octanol–water partition coefficient (Wildman–Crippen LogP) is 2.66. The smallest absolute Gasteiger partial charge is 0.416 e. The molecule has 0 saturated carbocycles. The van der Waals surface area contributed by atoms with Gasteiger partial charge in [-0.3, -0.25) is 4.79 Å². The van der Waals surface area contributed by atoms with Gasteiger partial charge in [-0.1, -0.05) is 37.6 Å². The van der Waals surface area contributed by atoms with E-state index in [9.17, 15) is 22.8 Å². The summed E-state index contributed by atoms with van der Waals surface area (Å²) in [6, 6.07) is 3.97. The van der Waals surface area contributed by atoms with Crippen LogP contribution in [0.25, 0.3) is 0 Å². The van der Waals surface area contributed by atoms with Gasteiger partial charge in [0.25, 0.3) is 5.91 Å². The van der Waals surface area contributed by atoms with Gasteiger partial charge in [0.1, 0.15) is 6.04 Å². The van der Waals surface area contributed by atoms with Crippen LogP contribution in [0, 0.1) is 5.92 Å². The minimum atomic E-state index is -4.44. The number of nitrogens with one attached hydrogen (secondary N) is 1. The Morgan fingerprint density at radius 2 is 2.04 bits per heavy atom. The zero-order valence-electron chi connectivity index (χ0n) is 15.7. The van der Waals surface area contributed by atoms with Crippen molar-refractivity contribution in [3.05, 3.63) is 47.3 Å². The van der Waals surface area contributed by atoms with Crippen molar-refractivity contribution >= 4 is 11.9 Å². The molecule has 0 fully saturated rings. The third-order valence-electron chi connectivity index (χ3n) is 4.32. The van der Waals surface area contributed by atoms with Gasteiger partial charge in [0.05, 0.1) is 25.4 Å². The van der Waals surface area contributed by atoms with Crippen molar-refractivity contribution in [2.24, 2.45) is 5.92 Å². The van der Waals surface area contributed by atoms with E-state index >= 15 is 0 Å². The highest BCUT2D eigenvalue weighted by molar-refractivity contribution is 5.94. The Morgan fingerprint density at radius 3 is 2.64 bits per heavy atom. The molecule has 0 aliphatic carbocycles. The van der Waals surface area contributed by atoms with Crippen LogP contribution in [0.3, 0.4) is 0 Å². The summed E-state index contributed by atoms with van der Waals surface area (Å²) < 4.78 is 44.4. The van der Waals surface area contributed by atoms with Crippen molar-refractivity contribution in [2.75, 3.05) is 7.11 Å². The normalized spacial score (nSPS) is 13.6. The van der Waals surface area contributed by atoms with Gasteiger partial charge in [0, 0.05) is 0 Å². The van der Waals surface area contributed by atoms with Crippen LogP contribution in [0.4, 0.5) is 13.2 Å². The SMILES string of the molecule is CCC(C)C(NC(=O)c1cn(Cc2cccc(C(F)(F)F)c2)nn1)C(=O)OC. The minimum absolute atomic E-state index is 0.00991. The second-order valence-corrected chi connectivity index (χ2v) is 6.36. The Labute approximate surface area is 159 Å². The molecular weight excluding hydrogens is 377 g/mol. The third-order valence-corrected chi connectivity index (χ3v) is 4.32. The number of ether oxygens (including phenoxy) is 1. The van der Waals surface area contributed by atoms with Gasteiger partial charge < -0.3 is 10.1 Å². The molecule has 1 aromatic heterocycles. The fourth-order valence-electron chi connectivity index (χ4n) is 2.52. The number of carbonyl (C=O) groups is 2. The minimum Gasteiger partial charge on any atom is -0.467 e. The number of halogens is 3. The predicted molar refractivity (Wildman–Crippen MR) is 93.3 cm³/mol. The molecule has 2 atom stereocenters. The van der Waals surface area contributed by atoms with Gasteiger partial charge in [0.15, 0.2) is 5.69 Å². The van der Waals surface area contributed by atoms with E-state index in [0.717, 1.165) is 12.1 Å². The molecule has 2 unspecified atom stereocenters.